The van der Waals surface area contributed by atoms with Crippen LogP contribution in [0.3, 0.4) is 0 Å². The van der Waals surface area contributed by atoms with Crippen molar-refractivity contribution in [2.45, 2.75) is 0 Å². The van der Waals surface area contributed by atoms with Crippen molar-refractivity contribution in [3.63, 3.8) is 0 Å². The Balaban J connectivity index is 3.08. The summed E-state index contributed by atoms with van der Waals surface area (Å²) in [4.78, 5) is 10.9. The standard InChI is InChI=1S/C7H15NO3S/c1-10-3-4-11-6-7(9)8-2-5-12/h12H,2-6H2,1H3,(H,8,9). The van der Waals surface area contributed by atoms with Crippen LogP contribution in [0.25, 0.3) is 0 Å². The Morgan fingerprint density at radius 3 is 2.83 bits per heavy atom. The normalized spacial score (nSPS) is 9.83. The third kappa shape index (κ3) is 7.84. The number of rotatable bonds is 7. The fourth-order valence-corrected chi connectivity index (χ4v) is 0.665. The van der Waals surface area contributed by atoms with Crippen molar-refractivity contribution in [3.05, 3.63) is 0 Å². The average molecular weight is 193 g/mol. The highest BCUT2D eigenvalue weighted by molar-refractivity contribution is 7.80. The Morgan fingerprint density at radius 1 is 1.50 bits per heavy atom. The third-order valence-electron chi connectivity index (χ3n) is 1.10. The highest BCUT2D eigenvalue weighted by Crippen LogP contribution is 1.77. The number of hydrogen-bond donors (Lipinski definition) is 2. The molecule has 0 aromatic heterocycles. The van der Waals surface area contributed by atoms with E-state index in [2.05, 4.69) is 17.9 Å². The molecular weight excluding hydrogens is 178 g/mol. The molecule has 1 N–H and O–H groups in total. The van der Waals surface area contributed by atoms with Gasteiger partial charge in [0, 0.05) is 19.4 Å². The second-order valence-electron chi connectivity index (χ2n) is 2.12. The summed E-state index contributed by atoms with van der Waals surface area (Å²) in [7, 11) is 1.59. The maximum Gasteiger partial charge on any atom is 0.246 e. The molecule has 0 atom stereocenters. The smallest absolute Gasteiger partial charge is 0.246 e. The van der Waals surface area contributed by atoms with E-state index in [0.29, 0.717) is 25.5 Å². The van der Waals surface area contributed by atoms with Crippen molar-refractivity contribution in [3.8, 4) is 0 Å². The molecule has 0 aromatic rings. The molecule has 4 nitrogen and oxygen atoms in total. The van der Waals surface area contributed by atoms with E-state index in [4.69, 9.17) is 9.47 Å². The van der Waals surface area contributed by atoms with E-state index < -0.39 is 0 Å². The molecule has 0 saturated carbocycles. The Labute approximate surface area is 78.0 Å². The molecule has 0 unspecified atom stereocenters. The largest absolute Gasteiger partial charge is 0.382 e. The summed E-state index contributed by atoms with van der Waals surface area (Å²) in [6, 6.07) is 0. The topological polar surface area (TPSA) is 47.6 Å². The van der Waals surface area contributed by atoms with Gasteiger partial charge in [-0.15, -0.1) is 0 Å². The Morgan fingerprint density at radius 2 is 2.25 bits per heavy atom. The number of carbonyl (C=O) groups excluding carboxylic acids is 1. The van der Waals surface area contributed by atoms with Crippen LogP contribution in [0.4, 0.5) is 0 Å². The van der Waals surface area contributed by atoms with Crippen molar-refractivity contribution in [1.82, 2.24) is 5.32 Å². The van der Waals surface area contributed by atoms with Gasteiger partial charge in [0.15, 0.2) is 0 Å². The van der Waals surface area contributed by atoms with Crippen LogP contribution in [0.5, 0.6) is 0 Å². The summed E-state index contributed by atoms with van der Waals surface area (Å²) in [6.07, 6.45) is 0. The van der Waals surface area contributed by atoms with Gasteiger partial charge in [-0.2, -0.15) is 12.6 Å². The zero-order valence-electron chi connectivity index (χ0n) is 7.21. The lowest BCUT2D eigenvalue weighted by Crippen LogP contribution is -2.29. The fourth-order valence-electron chi connectivity index (χ4n) is 0.553. The van der Waals surface area contributed by atoms with E-state index in [1.807, 2.05) is 0 Å². The van der Waals surface area contributed by atoms with E-state index in [-0.39, 0.29) is 12.5 Å². The van der Waals surface area contributed by atoms with Gasteiger partial charge in [-0.05, 0) is 0 Å². The molecule has 0 heterocycles. The molecule has 0 bridgehead atoms. The van der Waals surface area contributed by atoms with E-state index in [1.54, 1.807) is 7.11 Å². The first-order chi connectivity index (χ1) is 5.81. The predicted molar refractivity (Wildman–Crippen MR) is 49.6 cm³/mol. The minimum atomic E-state index is -0.111. The molecular formula is C7H15NO3S. The highest BCUT2D eigenvalue weighted by Gasteiger charge is 1.98. The van der Waals surface area contributed by atoms with Gasteiger partial charge in [-0.1, -0.05) is 0 Å². The lowest BCUT2D eigenvalue weighted by molar-refractivity contribution is -0.125. The lowest BCUT2D eigenvalue weighted by Gasteiger charge is -2.03. The zero-order chi connectivity index (χ0) is 9.23. The SMILES string of the molecule is COCCOCC(=O)NCCS. The quantitative estimate of drug-likeness (QED) is 0.431. The lowest BCUT2D eigenvalue weighted by atomic mass is 10.6. The Bertz CT molecular complexity index is 121. The van der Waals surface area contributed by atoms with Crippen LogP contribution in [0.2, 0.25) is 0 Å². The molecule has 0 rings (SSSR count). The van der Waals surface area contributed by atoms with Gasteiger partial charge in [0.2, 0.25) is 5.91 Å². The van der Waals surface area contributed by atoms with Crippen molar-refractivity contribution < 1.29 is 14.3 Å². The third-order valence-corrected chi connectivity index (χ3v) is 1.32. The summed E-state index contributed by atoms with van der Waals surface area (Å²) < 4.78 is 9.71. The minimum Gasteiger partial charge on any atom is -0.382 e. The summed E-state index contributed by atoms with van der Waals surface area (Å²) in [5, 5.41) is 2.63. The fraction of sp³-hybridized carbons (Fsp3) is 0.857. The van der Waals surface area contributed by atoms with Crippen molar-refractivity contribution in [1.29, 1.82) is 0 Å². The van der Waals surface area contributed by atoms with Crippen LogP contribution in [0.1, 0.15) is 0 Å². The maximum atomic E-state index is 10.9. The van der Waals surface area contributed by atoms with Crippen molar-refractivity contribution in [2.24, 2.45) is 0 Å². The molecule has 12 heavy (non-hydrogen) atoms. The maximum absolute atomic E-state index is 10.9. The van der Waals surface area contributed by atoms with Gasteiger partial charge in [-0.25, -0.2) is 0 Å². The molecule has 0 aliphatic heterocycles. The van der Waals surface area contributed by atoms with E-state index >= 15 is 0 Å². The molecule has 1 amide bonds. The number of carbonyl (C=O) groups is 1. The van der Waals surface area contributed by atoms with Gasteiger partial charge in [0.1, 0.15) is 6.61 Å². The van der Waals surface area contributed by atoms with Crippen LogP contribution in [-0.2, 0) is 14.3 Å². The van der Waals surface area contributed by atoms with Gasteiger partial charge in [0.05, 0.1) is 13.2 Å². The summed E-state index contributed by atoms with van der Waals surface area (Å²) >= 11 is 3.94. The predicted octanol–water partition coefficient (Wildman–Crippen LogP) is -0.305. The van der Waals surface area contributed by atoms with E-state index in [0.717, 1.165) is 0 Å². The molecule has 0 saturated heterocycles. The molecule has 0 aliphatic rings. The molecule has 0 fully saturated rings. The summed E-state index contributed by atoms with van der Waals surface area (Å²) in [5.74, 6) is 0.532. The van der Waals surface area contributed by atoms with Crippen LogP contribution in [0, 0.1) is 0 Å². The molecule has 0 aromatic carbocycles. The second kappa shape index (κ2) is 8.83. The Hall–Kier alpha value is -0.260. The van der Waals surface area contributed by atoms with Gasteiger partial charge >= 0.3 is 0 Å². The first kappa shape index (κ1) is 11.7. The van der Waals surface area contributed by atoms with E-state index in [9.17, 15) is 4.79 Å². The first-order valence-corrected chi connectivity index (χ1v) is 4.38. The van der Waals surface area contributed by atoms with Gasteiger partial charge in [0.25, 0.3) is 0 Å². The number of thiol groups is 1. The molecule has 0 spiro atoms. The van der Waals surface area contributed by atoms with Crippen LogP contribution in [0.15, 0.2) is 0 Å². The minimum absolute atomic E-state index is 0.0944. The number of methoxy groups -OCH3 is 1. The number of amides is 1. The first-order valence-electron chi connectivity index (χ1n) is 3.75. The van der Waals surface area contributed by atoms with Gasteiger partial charge < -0.3 is 14.8 Å². The number of ether oxygens (including phenoxy) is 2. The van der Waals surface area contributed by atoms with Crippen LogP contribution >= 0.6 is 12.6 Å². The zero-order valence-corrected chi connectivity index (χ0v) is 8.10. The van der Waals surface area contributed by atoms with Crippen molar-refractivity contribution >= 4 is 18.5 Å². The molecule has 0 aliphatic carbocycles. The second-order valence-corrected chi connectivity index (χ2v) is 2.57. The van der Waals surface area contributed by atoms with Crippen LogP contribution < -0.4 is 5.32 Å². The monoisotopic (exact) mass is 193 g/mol. The number of nitrogens with one attached hydrogen (secondary N) is 1. The van der Waals surface area contributed by atoms with E-state index in [1.165, 1.54) is 0 Å². The molecule has 5 heteroatoms. The summed E-state index contributed by atoms with van der Waals surface area (Å²) in [5.41, 5.74) is 0. The molecule has 72 valence electrons. The summed E-state index contributed by atoms with van der Waals surface area (Å²) in [6.45, 7) is 1.64. The highest BCUT2D eigenvalue weighted by atomic mass is 32.1. The Kier molecular flexibility index (Phi) is 8.64. The average Bonchev–Trinajstić information content (AvgIpc) is 2.09. The number of hydrogen-bond acceptors (Lipinski definition) is 4. The van der Waals surface area contributed by atoms with Crippen molar-refractivity contribution in [2.75, 3.05) is 39.2 Å². The van der Waals surface area contributed by atoms with Gasteiger partial charge in [-0.3, -0.25) is 4.79 Å². The van der Waals surface area contributed by atoms with Crippen LogP contribution in [-0.4, -0.2) is 45.1 Å². The molecule has 0 radical (unpaired) electrons.